The molecular formula is C11H22N2. The fourth-order valence-corrected chi connectivity index (χ4v) is 1.82. The topological polar surface area (TPSA) is 29.3 Å². The molecule has 2 nitrogen and oxygen atoms in total. The lowest BCUT2D eigenvalue weighted by Gasteiger charge is -2.31. The summed E-state index contributed by atoms with van der Waals surface area (Å²) < 4.78 is 0. The lowest BCUT2D eigenvalue weighted by Crippen LogP contribution is -2.38. The molecule has 0 aromatic rings. The summed E-state index contributed by atoms with van der Waals surface area (Å²) in [4.78, 5) is 2.51. The second-order valence-electron chi connectivity index (χ2n) is 4.29. The summed E-state index contributed by atoms with van der Waals surface area (Å²) in [6.07, 6.45) is 4.94. The van der Waals surface area contributed by atoms with Gasteiger partial charge in [-0.3, -0.25) is 4.90 Å². The van der Waals surface area contributed by atoms with Gasteiger partial charge in [0.1, 0.15) is 0 Å². The molecule has 0 amide bonds. The van der Waals surface area contributed by atoms with E-state index in [-0.39, 0.29) is 0 Å². The van der Waals surface area contributed by atoms with E-state index >= 15 is 0 Å². The van der Waals surface area contributed by atoms with Crippen LogP contribution in [0, 0.1) is 5.92 Å². The molecule has 0 bridgehead atoms. The SMILES string of the molecule is CC(C)=CCN1CCCC(CN)C1. The zero-order valence-electron chi connectivity index (χ0n) is 8.92. The number of nitrogens with zero attached hydrogens (tertiary/aromatic N) is 1. The van der Waals surface area contributed by atoms with E-state index in [0.717, 1.165) is 19.0 Å². The molecule has 2 heteroatoms. The number of likely N-dealkylation sites (tertiary alicyclic amines) is 1. The maximum absolute atomic E-state index is 5.68. The van der Waals surface area contributed by atoms with Crippen molar-refractivity contribution in [3.63, 3.8) is 0 Å². The molecule has 1 atom stereocenters. The summed E-state index contributed by atoms with van der Waals surface area (Å²) in [5.41, 5.74) is 7.09. The maximum atomic E-state index is 5.68. The van der Waals surface area contributed by atoms with E-state index in [1.165, 1.54) is 31.5 Å². The van der Waals surface area contributed by atoms with Gasteiger partial charge in [0, 0.05) is 13.1 Å². The first-order valence-electron chi connectivity index (χ1n) is 5.28. The smallest absolute Gasteiger partial charge is 0.0165 e. The third-order valence-corrected chi connectivity index (χ3v) is 2.69. The summed E-state index contributed by atoms with van der Waals surface area (Å²) in [5.74, 6) is 0.735. The van der Waals surface area contributed by atoms with Gasteiger partial charge in [-0.2, -0.15) is 0 Å². The molecule has 0 radical (unpaired) electrons. The van der Waals surface area contributed by atoms with E-state index in [0.29, 0.717) is 0 Å². The molecule has 1 unspecified atom stereocenters. The second kappa shape index (κ2) is 5.40. The standard InChI is InChI=1S/C11H22N2/c1-10(2)5-7-13-6-3-4-11(8-12)9-13/h5,11H,3-4,6-9,12H2,1-2H3. The van der Waals surface area contributed by atoms with E-state index in [2.05, 4.69) is 24.8 Å². The maximum Gasteiger partial charge on any atom is 0.0165 e. The van der Waals surface area contributed by atoms with E-state index < -0.39 is 0 Å². The first-order valence-corrected chi connectivity index (χ1v) is 5.28. The van der Waals surface area contributed by atoms with Gasteiger partial charge in [0.2, 0.25) is 0 Å². The van der Waals surface area contributed by atoms with Gasteiger partial charge in [0.25, 0.3) is 0 Å². The van der Waals surface area contributed by atoms with Gasteiger partial charge >= 0.3 is 0 Å². The van der Waals surface area contributed by atoms with Crippen molar-refractivity contribution >= 4 is 0 Å². The molecule has 0 aromatic carbocycles. The van der Waals surface area contributed by atoms with Crippen LogP contribution in [-0.2, 0) is 0 Å². The molecule has 0 aromatic heterocycles. The largest absolute Gasteiger partial charge is 0.330 e. The Kier molecular flexibility index (Phi) is 4.46. The van der Waals surface area contributed by atoms with Gasteiger partial charge < -0.3 is 5.73 Å². The van der Waals surface area contributed by atoms with Crippen LogP contribution < -0.4 is 5.73 Å². The Balaban J connectivity index is 2.30. The Labute approximate surface area is 81.8 Å². The first-order chi connectivity index (χ1) is 6.22. The molecule has 13 heavy (non-hydrogen) atoms. The summed E-state index contributed by atoms with van der Waals surface area (Å²) in [5, 5.41) is 0. The fraction of sp³-hybridized carbons (Fsp3) is 0.818. The number of hydrogen-bond acceptors (Lipinski definition) is 2. The van der Waals surface area contributed by atoms with Gasteiger partial charge in [-0.05, 0) is 45.7 Å². The van der Waals surface area contributed by atoms with Gasteiger partial charge in [0.15, 0.2) is 0 Å². The molecule has 0 saturated carbocycles. The Morgan fingerprint density at radius 2 is 2.31 bits per heavy atom. The van der Waals surface area contributed by atoms with Gasteiger partial charge in [-0.1, -0.05) is 11.6 Å². The Bertz CT molecular complexity index is 171. The molecule has 76 valence electrons. The number of rotatable bonds is 3. The van der Waals surface area contributed by atoms with Crippen LogP contribution in [-0.4, -0.2) is 31.1 Å². The van der Waals surface area contributed by atoms with Crippen LogP contribution in [0.2, 0.25) is 0 Å². The Morgan fingerprint density at radius 3 is 2.92 bits per heavy atom. The van der Waals surface area contributed by atoms with Crippen molar-refractivity contribution in [2.24, 2.45) is 11.7 Å². The predicted molar refractivity (Wildman–Crippen MR) is 57.6 cm³/mol. The normalized spacial score (nSPS) is 24.4. The minimum atomic E-state index is 0.735. The zero-order chi connectivity index (χ0) is 9.68. The molecule has 0 aliphatic carbocycles. The van der Waals surface area contributed by atoms with Gasteiger partial charge in [0.05, 0.1) is 0 Å². The highest BCUT2D eigenvalue weighted by Crippen LogP contribution is 2.14. The van der Waals surface area contributed by atoms with E-state index in [1.54, 1.807) is 0 Å². The highest BCUT2D eigenvalue weighted by Gasteiger charge is 2.17. The second-order valence-corrected chi connectivity index (χ2v) is 4.29. The van der Waals surface area contributed by atoms with Crippen molar-refractivity contribution in [1.82, 2.24) is 4.90 Å². The van der Waals surface area contributed by atoms with Crippen molar-refractivity contribution in [3.05, 3.63) is 11.6 Å². The third-order valence-electron chi connectivity index (χ3n) is 2.69. The molecule has 1 fully saturated rings. The summed E-state index contributed by atoms with van der Waals surface area (Å²) in [7, 11) is 0. The molecule has 1 saturated heterocycles. The molecule has 2 N–H and O–H groups in total. The first kappa shape index (κ1) is 10.7. The quantitative estimate of drug-likeness (QED) is 0.672. The third kappa shape index (κ3) is 3.92. The molecule has 1 aliphatic rings. The van der Waals surface area contributed by atoms with Crippen molar-refractivity contribution < 1.29 is 0 Å². The Morgan fingerprint density at radius 1 is 1.54 bits per heavy atom. The molecule has 0 spiro atoms. The minimum absolute atomic E-state index is 0.735. The van der Waals surface area contributed by atoms with E-state index in [4.69, 9.17) is 5.73 Å². The Hall–Kier alpha value is -0.340. The zero-order valence-corrected chi connectivity index (χ0v) is 8.92. The van der Waals surface area contributed by atoms with Crippen LogP contribution in [0.25, 0.3) is 0 Å². The van der Waals surface area contributed by atoms with Gasteiger partial charge in [-0.25, -0.2) is 0 Å². The van der Waals surface area contributed by atoms with E-state index in [1.807, 2.05) is 0 Å². The molecule has 1 heterocycles. The number of allylic oxidation sites excluding steroid dienone is 1. The number of nitrogens with two attached hydrogens (primary N) is 1. The van der Waals surface area contributed by atoms with Crippen molar-refractivity contribution in [2.75, 3.05) is 26.2 Å². The average Bonchev–Trinajstić information content (AvgIpc) is 2.15. The summed E-state index contributed by atoms with van der Waals surface area (Å²) in [6.45, 7) is 8.72. The van der Waals surface area contributed by atoms with Crippen LogP contribution in [0.15, 0.2) is 11.6 Å². The molecular weight excluding hydrogens is 160 g/mol. The lowest BCUT2D eigenvalue weighted by atomic mass is 9.98. The average molecular weight is 182 g/mol. The number of piperidine rings is 1. The van der Waals surface area contributed by atoms with Crippen LogP contribution in [0.4, 0.5) is 0 Å². The number of hydrogen-bond donors (Lipinski definition) is 1. The summed E-state index contributed by atoms with van der Waals surface area (Å²) in [6, 6.07) is 0. The minimum Gasteiger partial charge on any atom is -0.330 e. The van der Waals surface area contributed by atoms with Crippen molar-refractivity contribution in [1.29, 1.82) is 0 Å². The van der Waals surface area contributed by atoms with Crippen LogP contribution in [0.1, 0.15) is 26.7 Å². The lowest BCUT2D eigenvalue weighted by molar-refractivity contribution is 0.195. The molecule has 1 aliphatic heterocycles. The van der Waals surface area contributed by atoms with Crippen LogP contribution >= 0.6 is 0 Å². The molecule has 1 rings (SSSR count). The highest BCUT2D eigenvalue weighted by molar-refractivity contribution is 4.95. The van der Waals surface area contributed by atoms with Gasteiger partial charge in [-0.15, -0.1) is 0 Å². The van der Waals surface area contributed by atoms with E-state index in [9.17, 15) is 0 Å². The van der Waals surface area contributed by atoms with Crippen LogP contribution in [0.3, 0.4) is 0 Å². The fourth-order valence-electron chi connectivity index (χ4n) is 1.82. The predicted octanol–water partition coefficient (Wildman–Crippen LogP) is 1.62. The van der Waals surface area contributed by atoms with Crippen LogP contribution in [0.5, 0.6) is 0 Å². The van der Waals surface area contributed by atoms with Crippen molar-refractivity contribution in [3.8, 4) is 0 Å². The van der Waals surface area contributed by atoms with Crippen molar-refractivity contribution in [2.45, 2.75) is 26.7 Å². The highest BCUT2D eigenvalue weighted by atomic mass is 15.1. The monoisotopic (exact) mass is 182 g/mol. The summed E-state index contributed by atoms with van der Waals surface area (Å²) >= 11 is 0.